The van der Waals surface area contributed by atoms with Crippen molar-refractivity contribution in [1.82, 2.24) is 5.32 Å². The van der Waals surface area contributed by atoms with Crippen LogP contribution in [0.25, 0.3) is 0 Å². The van der Waals surface area contributed by atoms with Crippen molar-refractivity contribution < 1.29 is 9.59 Å². The normalized spacial score (nSPS) is 19.8. The zero-order chi connectivity index (χ0) is 16.1. The van der Waals surface area contributed by atoms with Crippen molar-refractivity contribution in [2.45, 2.75) is 38.6 Å². The first kappa shape index (κ1) is 19.7. The topological polar surface area (TPSA) is 84.2 Å². The Hall–Kier alpha value is -1.30. The monoisotopic (exact) mass is 359 g/mol. The van der Waals surface area contributed by atoms with Gasteiger partial charge in [-0.15, -0.1) is 12.4 Å². The number of hydrogen-bond donors (Lipinski definition) is 3. The Morgan fingerprint density at radius 3 is 2.65 bits per heavy atom. The molecule has 0 aromatic heterocycles. The molecule has 0 radical (unpaired) electrons. The summed E-state index contributed by atoms with van der Waals surface area (Å²) in [6.45, 7) is 2.59. The van der Waals surface area contributed by atoms with Gasteiger partial charge in [0, 0.05) is 24.2 Å². The second-order valence-electron chi connectivity index (χ2n) is 5.71. The Bertz CT molecular complexity index is 566. The van der Waals surface area contributed by atoms with Crippen molar-refractivity contribution >= 4 is 41.5 Å². The molecular formula is C16H23Cl2N3O2. The Labute approximate surface area is 147 Å². The predicted octanol–water partition coefficient (Wildman–Crippen LogP) is 2.97. The van der Waals surface area contributed by atoms with Crippen LogP contribution in [0.1, 0.15) is 43.0 Å². The largest absolute Gasteiger partial charge is 0.352 e. The van der Waals surface area contributed by atoms with E-state index < -0.39 is 0 Å². The van der Waals surface area contributed by atoms with Crippen LogP contribution in [-0.4, -0.2) is 24.4 Å². The molecule has 7 heteroatoms. The number of nitrogens with one attached hydrogen (secondary N) is 2. The van der Waals surface area contributed by atoms with E-state index in [9.17, 15) is 9.59 Å². The van der Waals surface area contributed by atoms with Crippen LogP contribution in [-0.2, 0) is 4.79 Å². The number of carbonyl (C=O) groups excluding carboxylic acids is 2. The zero-order valence-electron chi connectivity index (χ0n) is 13.1. The molecule has 5 nitrogen and oxygen atoms in total. The molecule has 1 fully saturated rings. The number of rotatable bonds is 5. The first-order valence-corrected chi connectivity index (χ1v) is 8.03. The molecule has 23 heavy (non-hydrogen) atoms. The summed E-state index contributed by atoms with van der Waals surface area (Å²) in [7, 11) is 0. The van der Waals surface area contributed by atoms with Gasteiger partial charge in [-0.1, -0.05) is 18.5 Å². The molecule has 0 aliphatic heterocycles. The van der Waals surface area contributed by atoms with Gasteiger partial charge in [-0.05, 0) is 43.9 Å². The minimum Gasteiger partial charge on any atom is -0.352 e. The smallest absolute Gasteiger partial charge is 0.252 e. The molecular weight excluding hydrogens is 337 g/mol. The Morgan fingerprint density at radius 1 is 1.35 bits per heavy atom. The zero-order valence-corrected chi connectivity index (χ0v) is 14.7. The van der Waals surface area contributed by atoms with Crippen LogP contribution in [0.3, 0.4) is 0 Å². The number of carbonyl (C=O) groups is 2. The highest BCUT2D eigenvalue weighted by atomic mass is 35.5. The SMILES string of the molecule is CCCNC(=O)c1ccc(NC(=O)C2CCC(N)C2)cc1Cl.Cl. The maximum Gasteiger partial charge on any atom is 0.252 e. The average Bonchev–Trinajstić information content (AvgIpc) is 2.91. The van der Waals surface area contributed by atoms with Gasteiger partial charge in [-0.3, -0.25) is 9.59 Å². The van der Waals surface area contributed by atoms with Crippen molar-refractivity contribution in [2.75, 3.05) is 11.9 Å². The molecule has 1 saturated carbocycles. The lowest BCUT2D eigenvalue weighted by molar-refractivity contribution is -0.119. The lowest BCUT2D eigenvalue weighted by atomic mass is 10.1. The van der Waals surface area contributed by atoms with Gasteiger partial charge >= 0.3 is 0 Å². The molecule has 0 heterocycles. The Balaban J connectivity index is 0.00000264. The summed E-state index contributed by atoms with van der Waals surface area (Å²) < 4.78 is 0. The first-order chi connectivity index (χ1) is 10.5. The van der Waals surface area contributed by atoms with Crippen molar-refractivity contribution in [3.63, 3.8) is 0 Å². The summed E-state index contributed by atoms with van der Waals surface area (Å²) in [5, 5.41) is 5.95. The maximum absolute atomic E-state index is 12.1. The molecule has 2 unspecified atom stereocenters. The highest BCUT2D eigenvalue weighted by molar-refractivity contribution is 6.34. The van der Waals surface area contributed by atoms with E-state index >= 15 is 0 Å². The molecule has 0 saturated heterocycles. The highest BCUT2D eigenvalue weighted by Gasteiger charge is 2.27. The van der Waals surface area contributed by atoms with Crippen LogP contribution in [0, 0.1) is 5.92 Å². The summed E-state index contributed by atoms with van der Waals surface area (Å²) in [5.41, 5.74) is 6.84. The van der Waals surface area contributed by atoms with Gasteiger partial charge in [0.25, 0.3) is 5.91 Å². The van der Waals surface area contributed by atoms with Crippen LogP contribution in [0.15, 0.2) is 18.2 Å². The second-order valence-corrected chi connectivity index (χ2v) is 6.12. The number of halogens is 2. The van der Waals surface area contributed by atoms with Gasteiger partial charge in [0.15, 0.2) is 0 Å². The highest BCUT2D eigenvalue weighted by Crippen LogP contribution is 2.27. The molecule has 4 N–H and O–H groups in total. The average molecular weight is 360 g/mol. The fourth-order valence-corrected chi connectivity index (χ4v) is 2.88. The minimum absolute atomic E-state index is 0. The molecule has 1 aromatic rings. The molecule has 1 aliphatic carbocycles. The standard InChI is InChI=1S/C16H22ClN3O2.ClH/c1-2-7-19-16(22)13-6-5-12(9-14(13)17)20-15(21)10-3-4-11(18)8-10;/h5-6,9-11H,2-4,7-8,18H2,1H3,(H,19,22)(H,20,21);1H. The van der Waals surface area contributed by atoms with Gasteiger partial charge in [0.2, 0.25) is 5.91 Å². The summed E-state index contributed by atoms with van der Waals surface area (Å²) in [4.78, 5) is 24.0. The minimum atomic E-state index is -0.202. The molecule has 0 spiro atoms. The van der Waals surface area contributed by atoms with Crippen LogP contribution in [0.5, 0.6) is 0 Å². The molecule has 128 valence electrons. The lowest BCUT2D eigenvalue weighted by Gasteiger charge is -2.12. The van der Waals surface area contributed by atoms with E-state index in [2.05, 4.69) is 10.6 Å². The van der Waals surface area contributed by atoms with E-state index in [0.29, 0.717) is 22.8 Å². The number of benzene rings is 1. The number of nitrogens with two attached hydrogens (primary N) is 1. The first-order valence-electron chi connectivity index (χ1n) is 7.65. The van der Waals surface area contributed by atoms with Crippen molar-refractivity contribution in [3.8, 4) is 0 Å². The Morgan fingerprint density at radius 2 is 2.09 bits per heavy atom. The van der Waals surface area contributed by atoms with Gasteiger partial charge in [0.1, 0.15) is 0 Å². The molecule has 2 rings (SSSR count). The van der Waals surface area contributed by atoms with E-state index in [1.54, 1.807) is 18.2 Å². The summed E-state index contributed by atoms with van der Waals surface area (Å²) in [6.07, 6.45) is 3.28. The summed E-state index contributed by atoms with van der Waals surface area (Å²) in [6, 6.07) is 5.04. The van der Waals surface area contributed by atoms with Crippen LogP contribution >= 0.6 is 24.0 Å². The predicted molar refractivity (Wildman–Crippen MR) is 95.3 cm³/mol. The fourth-order valence-electron chi connectivity index (χ4n) is 2.61. The molecule has 1 aliphatic rings. The van der Waals surface area contributed by atoms with Crippen molar-refractivity contribution in [1.29, 1.82) is 0 Å². The fraction of sp³-hybridized carbons (Fsp3) is 0.500. The maximum atomic E-state index is 12.1. The van der Waals surface area contributed by atoms with Gasteiger partial charge < -0.3 is 16.4 Å². The quantitative estimate of drug-likeness (QED) is 0.755. The third-order valence-electron chi connectivity index (χ3n) is 3.86. The molecule has 2 amide bonds. The lowest BCUT2D eigenvalue weighted by Crippen LogP contribution is -2.25. The summed E-state index contributed by atoms with van der Waals surface area (Å²) in [5.74, 6) is -0.278. The second kappa shape index (κ2) is 9.11. The van der Waals surface area contributed by atoms with E-state index in [0.717, 1.165) is 25.7 Å². The number of hydrogen-bond acceptors (Lipinski definition) is 3. The molecule has 1 aromatic carbocycles. The van der Waals surface area contributed by atoms with Crippen LogP contribution < -0.4 is 16.4 Å². The van der Waals surface area contributed by atoms with Crippen LogP contribution in [0.4, 0.5) is 5.69 Å². The van der Waals surface area contributed by atoms with Gasteiger partial charge in [-0.2, -0.15) is 0 Å². The van der Waals surface area contributed by atoms with Gasteiger partial charge in [-0.25, -0.2) is 0 Å². The Kier molecular flexibility index (Phi) is 7.82. The van der Waals surface area contributed by atoms with E-state index in [1.165, 1.54) is 0 Å². The van der Waals surface area contributed by atoms with E-state index in [1.807, 2.05) is 6.92 Å². The molecule has 0 bridgehead atoms. The summed E-state index contributed by atoms with van der Waals surface area (Å²) >= 11 is 6.14. The van der Waals surface area contributed by atoms with Crippen molar-refractivity contribution in [3.05, 3.63) is 28.8 Å². The third kappa shape index (κ3) is 5.37. The third-order valence-corrected chi connectivity index (χ3v) is 4.17. The molecule has 2 atom stereocenters. The number of amides is 2. The number of anilines is 1. The van der Waals surface area contributed by atoms with Crippen LogP contribution in [0.2, 0.25) is 5.02 Å². The van der Waals surface area contributed by atoms with E-state index in [-0.39, 0.29) is 36.2 Å². The van der Waals surface area contributed by atoms with Gasteiger partial charge in [0.05, 0.1) is 10.6 Å². The van der Waals surface area contributed by atoms with Crippen molar-refractivity contribution in [2.24, 2.45) is 11.7 Å². The van der Waals surface area contributed by atoms with E-state index in [4.69, 9.17) is 17.3 Å².